The van der Waals surface area contributed by atoms with Crippen molar-refractivity contribution < 1.29 is 22.1 Å². The number of methoxy groups -OCH3 is 2. The first-order valence-corrected chi connectivity index (χ1v) is 10.0. The summed E-state index contributed by atoms with van der Waals surface area (Å²) in [7, 11) is -1.05. The van der Waals surface area contributed by atoms with Crippen LogP contribution in [0.2, 0.25) is 0 Å². The normalized spacial score (nSPS) is 14.8. The molecule has 0 bridgehead atoms. The van der Waals surface area contributed by atoms with Crippen LogP contribution in [-0.4, -0.2) is 22.6 Å². The lowest BCUT2D eigenvalue weighted by molar-refractivity contribution is 0.353. The van der Waals surface area contributed by atoms with Gasteiger partial charge in [-0.15, -0.1) is 0 Å². The highest BCUT2D eigenvalue weighted by Crippen LogP contribution is 2.46. The van der Waals surface area contributed by atoms with Gasteiger partial charge in [-0.3, -0.25) is 0 Å². The molecule has 0 saturated carbocycles. The lowest BCUT2D eigenvalue weighted by atomic mass is 9.93. The first kappa shape index (κ1) is 18.1. The minimum absolute atomic E-state index is 0.0451. The largest absolute Gasteiger partial charge is 0.493 e. The van der Waals surface area contributed by atoms with Gasteiger partial charge in [0, 0.05) is 22.8 Å². The molecule has 1 aliphatic heterocycles. The van der Waals surface area contributed by atoms with Gasteiger partial charge in [-0.05, 0) is 11.6 Å². The second-order valence-electron chi connectivity index (χ2n) is 6.18. The summed E-state index contributed by atoms with van der Waals surface area (Å²) in [5.74, 6) is 1.05. The van der Waals surface area contributed by atoms with Crippen LogP contribution in [0.4, 0.5) is 0 Å². The average molecular weight is 394 g/mol. The second kappa shape index (κ2) is 7.05. The fraction of sp³-hybridized carbons (Fsp3) is 0.0909. The summed E-state index contributed by atoms with van der Waals surface area (Å²) in [6, 6.07) is 21.8. The van der Waals surface area contributed by atoms with Crippen LogP contribution in [0.1, 0.15) is 16.7 Å². The number of hydrogen-bond donors (Lipinski definition) is 0. The zero-order valence-electron chi connectivity index (χ0n) is 15.4. The number of hydrogen-bond acceptors (Lipinski definition) is 5. The van der Waals surface area contributed by atoms with E-state index in [1.165, 1.54) is 20.3 Å². The van der Waals surface area contributed by atoms with Crippen molar-refractivity contribution in [3.05, 3.63) is 89.5 Å². The van der Waals surface area contributed by atoms with Gasteiger partial charge >= 0.3 is 10.1 Å². The van der Waals surface area contributed by atoms with E-state index in [1.54, 1.807) is 6.07 Å². The molecule has 0 aliphatic carbocycles. The van der Waals surface area contributed by atoms with E-state index < -0.39 is 10.1 Å². The summed E-state index contributed by atoms with van der Waals surface area (Å²) in [6.07, 6.45) is 0. The SMILES string of the molecule is COc1cc2c(cc1OC)S(=O)(=O)OC(c1ccccc1)=C2c1ccccc1. The molecule has 1 aliphatic rings. The Hall–Kier alpha value is -3.25. The molecule has 142 valence electrons. The van der Waals surface area contributed by atoms with Gasteiger partial charge < -0.3 is 13.7 Å². The first-order valence-electron chi connectivity index (χ1n) is 8.61. The van der Waals surface area contributed by atoms with E-state index in [0.717, 1.165) is 5.56 Å². The number of ether oxygens (including phenoxy) is 2. The van der Waals surface area contributed by atoms with Crippen molar-refractivity contribution in [2.75, 3.05) is 14.2 Å². The maximum Gasteiger partial charge on any atom is 0.340 e. The molecule has 0 aromatic heterocycles. The molecule has 5 nitrogen and oxygen atoms in total. The molecule has 0 saturated heterocycles. The van der Waals surface area contributed by atoms with E-state index in [1.807, 2.05) is 60.7 Å². The maximum absolute atomic E-state index is 12.9. The zero-order chi connectivity index (χ0) is 19.7. The summed E-state index contributed by atoms with van der Waals surface area (Å²) in [5, 5.41) is 0. The summed E-state index contributed by atoms with van der Waals surface area (Å²) in [4.78, 5) is 0.0451. The van der Waals surface area contributed by atoms with E-state index in [4.69, 9.17) is 13.7 Å². The smallest absolute Gasteiger partial charge is 0.340 e. The molecular formula is C22H18O5S. The Morgan fingerprint density at radius 2 is 1.29 bits per heavy atom. The molecule has 3 aromatic carbocycles. The fourth-order valence-corrected chi connectivity index (χ4v) is 4.42. The first-order chi connectivity index (χ1) is 13.5. The number of benzene rings is 3. The van der Waals surface area contributed by atoms with E-state index in [9.17, 15) is 8.42 Å². The van der Waals surface area contributed by atoms with Crippen LogP contribution in [0.25, 0.3) is 11.3 Å². The van der Waals surface area contributed by atoms with E-state index in [-0.39, 0.29) is 10.7 Å². The second-order valence-corrected chi connectivity index (χ2v) is 7.69. The highest BCUT2D eigenvalue weighted by atomic mass is 32.2. The number of rotatable bonds is 4. The molecule has 1 heterocycles. The van der Waals surface area contributed by atoms with Crippen LogP contribution in [0.3, 0.4) is 0 Å². The van der Waals surface area contributed by atoms with E-state index in [0.29, 0.717) is 28.2 Å². The Morgan fingerprint density at radius 3 is 1.86 bits per heavy atom. The summed E-state index contributed by atoms with van der Waals surface area (Å²) < 4.78 is 42.2. The van der Waals surface area contributed by atoms with Gasteiger partial charge in [-0.1, -0.05) is 60.7 Å². The van der Waals surface area contributed by atoms with Crippen molar-refractivity contribution in [2.45, 2.75) is 4.90 Å². The predicted molar refractivity (Wildman–Crippen MR) is 107 cm³/mol. The molecule has 4 rings (SSSR count). The third-order valence-electron chi connectivity index (χ3n) is 4.54. The van der Waals surface area contributed by atoms with Crippen LogP contribution < -0.4 is 9.47 Å². The average Bonchev–Trinajstić information content (AvgIpc) is 2.73. The quantitative estimate of drug-likeness (QED) is 0.616. The summed E-state index contributed by atoms with van der Waals surface area (Å²) in [5.41, 5.74) is 2.70. The van der Waals surface area contributed by atoms with Gasteiger partial charge in [0.1, 0.15) is 4.90 Å². The van der Waals surface area contributed by atoms with Crippen LogP contribution in [0, 0.1) is 0 Å². The van der Waals surface area contributed by atoms with Crippen LogP contribution >= 0.6 is 0 Å². The van der Waals surface area contributed by atoms with Gasteiger partial charge in [-0.25, -0.2) is 0 Å². The molecule has 0 unspecified atom stereocenters. The monoisotopic (exact) mass is 394 g/mol. The van der Waals surface area contributed by atoms with Crippen molar-refractivity contribution >= 4 is 21.5 Å². The Kier molecular flexibility index (Phi) is 4.57. The van der Waals surface area contributed by atoms with Gasteiger partial charge in [-0.2, -0.15) is 8.42 Å². The highest BCUT2D eigenvalue weighted by molar-refractivity contribution is 7.87. The summed E-state index contributed by atoms with van der Waals surface area (Å²) >= 11 is 0. The highest BCUT2D eigenvalue weighted by Gasteiger charge is 2.34. The van der Waals surface area contributed by atoms with Crippen molar-refractivity contribution in [1.82, 2.24) is 0 Å². The van der Waals surface area contributed by atoms with E-state index >= 15 is 0 Å². The maximum atomic E-state index is 12.9. The molecule has 0 amide bonds. The van der Waals surface area contributed by atoms with Crippen molar-refractivity contribution in [3.8, 4) is 11.5 Å². The van der Waals surface area contributed by atoms with Crippen LogP contribution in [0.5, 0.6) is 11.5 Å². The van der Waals surface area contributed by atoms with Gasteiger partial charge in [0.05, 0.1) is 14.2 Å². The van der Waals surface area contributed by atoms with Crippen molar-refractivity contribution in [3.63, 3.8) is 0 Å². The molecule has 0 N–H and O–H groups in total. The van der Waals surface area contributed by atoms with Gasteiger partial charge in [0.2, 0.25) is 0 Å². The molecule has 28 heavy (non-hydrogen) atoms. The Balaban J connectivity index is 2.11. The standard InChI is InChI=1S/C22H18O5S/c1-25-18-13-17-20(14-19(18)26-2)28(23,24)27-22(16-11-7-4-8-12-16)21(17)15-9-5-3-6-10-15/h3-14H,1-2H3. The zero-order valence-corrected chi connectivity index (χ0v) is 16.2. The molecule has 0 spiro atoms. The van der Waals surface area contributed by atoms with Crippen LogP contribution in [-0.2, 0) is 14.3 Å². The molecule has 3 aromatic rings. The molecule has 0 fully saturated rings. The molecule has 6 heteroatoms. The van der Waals surface area contributed by atoms with Crippen LogP contribution in [0.15, 0.2) is 77.7 Å². The van der Waals surface area contributed by atoms with Crippen molar-refractivity contribution in [2.24, 2.45) is 0 Å². The topological polar surface area (TPSA) is 61.8 Å². The minimum Gasteiger partial charge on any atom is -0.493 e. The third-order valence-corrected chi connectivity index (χ3v) is 5.81. The molecule has 0 atom stereocenters. The predicted octanol–water partition coefficient (Wildman–Crippen LogP) is 4.34. The van der Waals surface area contributed by atoms with Crippen molar-refractivity contribution in [1.29, 1.82) is 0 Å². The fourth-order valence-electron chi connectivity index (χ4n) is 3.25. The summed E-state index contributed by atoms with van der Waals surface area (Å²) in [6.45, 7) is 0. The number of fused-ring (bicyclic) bond motifs is 1. The minimum atomic E-state index is -4.03. The molecular weight excluding hydrogens is 376 g/mol. The Labute approximate surface area is 163 Å². The Morgan fingerprint density at radius 1 is 0.750 bits per heavy atom. The van der Waals surface area contributed by atoms with E-state index in [2.05, 4.69) is 0 Å². The lowest BCUT2D eigenvalue weighted by Gasteiger charge is -2.25. The lowest BCUT2D eigenvalue weighted by Crippen LogP contribution is -2.16. The van der Waals surface area contributed by atoms with Gasteiger partial charge in [0.15, 0.2) is 17.3 Å². The molecule has 0 radical (unpaired) electrons. The third kappa shape index (κ3) is 3.01. The van der Waals surface area contributed by atoms with Gasteiger partial charge in [0.25, 0.3) is 0 Å². The Bertz CT molecular complexity index is 1150.